The molecule has 2 heterocycles. The Hall–Kier alpha value is -1.62. The Bertz CT molecular complexity index is 632. The van der Waals surface area contributed by atoms with Gasteiger partial charge in [0.25, 0.3) is 5.56 Å². The van der Waals surface area contributed by atoms with E-state index in [2.05, 4.69) is 4.90 Å². The average Bonchev–Trinajstić information content (AvgIpc) is 2.99. The third-order valence-electron chi connectivity index (χ3n) is 5.45. The fourth-order valence-corrected chi connectivity index (χ4v) is 4.14. The number of likely N-dealkylation sites (tertiary alicyclic amines) is 1. The van der Waals surface area contributed by atoms with Crippen LogP contribution in [0, 0.1) is 12.8 Å². The minimum atomic E-state index is -1.13. The Morgan fingerprint density at radius 1 is 1.26 bits per heavy atom. The summed E-state index contributed by atoms with van der Waals surface area (Å²) in [4.78, 5) is 26.2. The molecule has 0 spiro atoms. The fourth-order valence-electron chi connectivity index (χ4n) is 4.14. The second-order valence-electron chi connectivity index (χ2n) is 7.08. The van der Waals surface area contributed by atoms with Gasteiger partial charge in [-0.15, -0.1) is 0 Å². The first-order chi connectivity index (χ1) is 11.1. The standard InChI is InChI=1S/C18H26N2O3/c1-13-7-9-20(17(21)16(13)18(22)23)12-14-8-10-19(11-14)15-5-3-2-4-6-15/h7,9,14-15H,2-6,8,10-12H2,1H3,(H,22,23). The number of carboxylic acids is 1. The first kappa shape index (κ1) is 16.2. The van der Waals surface area contributed by atoms with E-state index in [1.165, 1.54) is 32.1 Å². The van der Waals surface area contributed by atoms with Crippen molar-refractivity contribution in [1.29, 1.82) is 0 Å². The first-order valence-corrected chi connectivity index (χ1v) is 8.73. The van der Waals surface area contributed by atoms with E-state index in [4.69, 9.17) is 0 Å². The SMILES string of the molecule is Cc1ccn(CC2CCN(C3CCCCC3)C2)c(=O)c1C(=O)O. The van der Waals surface area contributed by atoms with Crippen molar-refractivity contribution < 1.29 is 9.90 Å². The maximum atomic E-state index is 12.4. The lowest BCUT2D eigenvalue weighted by atomic mass is 9.94. The molecule has 0 aromatic carbocycles. The zero-order valence-corrected chi connectivity index (χ0v) is 13.8. The van der Waals surface area contributed by atoms with Gasteiger partial charge in [-0.3, -0.25) is 4.79 Å². The van der Waals surface area contributed by atoms with Gasteiger partial charge in [-0.05, 0) is 50.3 Å². The van der Waals surface area contributed by atoms with Crippen LogP contribution in [0.2, 0.25) is 0 Å². The number of pyridine rings is 1. The van der Waals surface area contributed by atoms with Gasteiger partial charge in [0.1, 0.15) is 5.56 Å². The Morgan fingerprint density at radius 3 is 2.70 bits per heavy atom. The molecule has 0 radical (unpaired) electrons. The van der Waals surface area contributed by atoms with Crippen LogP contribution < -0.4 is 5.56 Å². The van der Waals surface area contributed by atoms with Gasteiger partial charge in [-0.1, -0.05) is 19.3 Å². The van der Waals surface area contributed by atoms with E-state index in [1.807, 2.05) is 0 Å². The second kappa shape index (κ2) is 6.87. The zero-order chi connectivity index (χ0) is 16.4. The lowest BCUT2D eigenvalue weighted by Gasteiger charge is -2.31. The van der Waals surface area contributed by atoms with E-state index in [9.17, 15) is 14.7 Å². The number of carboxylic acid groups (broad SMARTS) is 1. The van der Waals surface area contributed by atoms with Crippen molar-refractivity contribution in [2.75, 3.05) is 13.1 Å². The van der Waals surface area contributed by atoms with Crippen LogP contribution in [0.1, 0.15) is 54.4 Å². The Morgan fingerprint density at radius 2 is 2.00 bits per heavy atom. The van der Waals surface area contributed by atoms with Gasteiger partial charge in [0.2, 0.25) is 0 Å². The topological polar surface area (TPSA) is 62.5 Å². The van der Waals surface area contributed by atoms with Crippen LogP contribution >= 0.6 is 0 Å². The predicted molar refractivity (Wildman–Crippen MR) is 89.0 cm³/mol. The number of aromatic nitrogens is 1. The van der Waals surface area contributed by atoms with Crippen molar-refractivity contribution in [3.05, 3.63) is 33.7 Å². The fraction of sp³-hybridized carbons (Fsp3) is 0.667. The molecule has 0 bridgehead atoms. The van der Waals surface area contributed by atoms with E-state index < -0.39 is 5.97 Å². The maximum absolute atomic E-state index is 12.4. The number of carbonyl (C=O) groups is 1. The highest BCUT2D eigenvalue weighted by molar-refractivity contribution is 5.88. The summed E-state index contributed by atoms with van der Waals surface area (Å²) in [5.74, 6) is -0.684. The lowest BCUT2D eigenvalue weighted by molar-refractivity contribution is 0.0693. The van der Waals surface area contributed by atoms with E-state index in [0.29, 0.717) is 18.0 Å². The molecule has 2 aliphatic rings. The summed E-state index contributed by atoms with van der Waals surface area (Å²) in [6.07, 6.45) is 9.49. The van der Waals surface area contributed by atoms with Crippen molar-refractivity contribution in [2.24, 2.45) is 5.92 Å². The number of aromatic carboxylic acids is 1. The number of hydrogen-bond donors (Lipinski definition) is 1. The minimum Gasteiger partial charge on any atom is -0.477 e. The Balaban J connectivity index is 1.68. The minimum absolute atomic E-state index is 0.0883. The molecule has 1 atom stereocenters. The summed E-state index contributed by atoms with van der Waals surface area (Å²) in [5.41, 5.74) is 0.0808. The molecule has 23 heavy (non-hydrogen) atoms. The molecule has 1 N–H and O–H groups in total. The van der Waals surface area contributed by atoms with Gasteiger partial charge < -0.3 is 14.6 Å². The molecule has 1 unspecified atom stereocenters. The molecule has 1 saturated carbocycles. The molecule has 1 aliphatic carbocycles. The van der Waals surface area contributed by atoms with E-state index in [-0.39, 0.29) is 11.1 Å². The monoisotopic (exact) mass is 318 g/mol. The highest BCUT2D eigenvalue weighted by Crippen LogP contribution is 2.28. The van der Waals surface area contributed by atoms with Crippen LogP contribution in [-0.2, 0) is 6.54 Å². The third-order valence-corrected chi connectivity index (χ3v) is 5.45. The average molecular weight is 318 g/mol. The van der Waals surface area contributed by atoms with Crippen molar-refractivity contribution in [2.45, 2.75) is 58.0 Å². The Labute approximate surface area is 136 Å². The van der Waals surface area contributed by atoms with Crippen molar-refractivity contribution >= 4 is 5.97 Å². The molecule has 1 aliphatic heterocycles. The summed E-state index contributed by atoms with van der Waals surface area (Å²) in [6, 6.07) is 2.46. The zero-order valence-electron chi connectivity index (χ0n) is 13.8. The summed E-state index contributed by atoms with van der Waals surface area (Å²) in [5, 5.41) is 9.22. The molecule has 5 heteroatoms. The summed E-state index contributed by atoms with van der Waals surface area (Å²) in [7, 11) is 0. The predicted octanol–water partition coefficient (Wildman–Crippen LogP) is 2.51. The Kier molecular flexibility index (Phi) is 4.85. The first-order valence-electron chi connectivity index (χ1n) is 8.73. The van der Waals surface area contributed by atoms with Gasteiger partial charge in [-0.25, -0.2) is 4.79 Å². The highest BCUT2D eigenvalue weighted by atomic mass is 16.4. The molecule has 2 fully saturated rings. The maximum Gasteiger partial charge on any atom is 0.341 e. The quantitative estimate of drug-likeness (QED) is 0.926. The van der Waals surface area contributed by atoms with Crippen molar-refractivity contribution in [3.63, 3.8) is 0 Å². The van der Waals surface area contributed by atoms with Crippen LogP contribution in [0.4, 0.5) is 0 Å². The molecule has 1 aromatic heterocycles. The van der Waals surface area contributed by atoms with Crippen molar-refractivity contribution in [1.82, 2.24) is 9.47 Å². The molecule has 1 aromatic rings. The number of rotatable bonds is 4. The highest BCUT2D eigenvalue weighted by Gasteiger charge is 2.29. The molecular formula is C18H26N2O3. The number of hydrogen-bond acceptors (Lipinski definition) is 3. The van der Waals surface area contributed by atoms with Gasteiger partial charge in [0.05, 0.1) is 0 Å². The van der Waals surface area contributed by atoms with Crippen LogP contribution in [-0.4, -0.2) is 39.7 Å². The van der Waals surface area contributed by atoms with Crippen LogP contribution in [0.5, 0.6) is 0 Å². The largest absolute Gasteiger partial charge is 0.477 e. The van der Waals surface area contributed by atoms with Gasteiger partial charge in [-0.2, -0.15) is 0 Å². The number of aryl methyl sites for hydroxylation is 1. The van der Waals surface area contributed by atoms with E-state index in [1.54, 1.807) is 23.8 Å². The van der Waals surface area contributed by atoms with Crippen LogP contribution in [0.3, 0.4) is 0 Å². The van der Waals surface area contributed by atoms with Crippen LogP contribution in [0.25, 0.3) is 0 Å². The number of nitrogens with zero attached hydrogens (tertiary/aromatic N) is 2. The molecule has 5 nitrogen and oxygen atoms in total. The summed E-state index contributed by atoms with van der Waals surface area (Å²) >= 11 is 0. The van der Waals surface area contributed by atoms with E-state index in [0.717, 1.165) is 25.6 Å². The second-order valence-corrected chi connectivity index (χ2v) is 7.08. The smallest absolute Gasteiger partial charge is 0.341 e. The van der Waals surface area contributed by atoms with Gasteiger partial charge in [0.15, 0.2) is 0 Å². The lowest BCUT2D eigenvalue weighted by Crippen LogP contribution is -2.36. The van der Waals surface area contributed by atoms with E-state index >= 15 is 0 Å². The molecule has 126 valence electrons. The van der Waals surface area contributed by atoms with Gasteiger partial charge in [0, 0.05) is 25.3 Å². The normalized spacial score (nSPS) is 23.3. The molecule has 0 amide bonds. The molecular weight excluding hydrogens is 292 g/mol. The third kappa shape index (κ3) is 3.50. The molecule has 3 rings (SSSR count). The molecule has 1 saturated heterocycles. The van der Waals surface area contributed by atoms with Crippen molar-refractivity contribution in [3.8, 4) is 0 Å². The summed E-state index contributed by atoms with van der Waals surface area (Å²) < 4.78 is 1.59. The van der Waals surface area contributed by atoms with Crippen LogP contribution in [0.15, 0.2) is 17.1 Å². The summed E-state index contributed by atoms with van der Waals surface area (Å²) in [6.45, 7) is 4.45. The van der Waals surface area contributed by atoms with Gasteiger partial charge >= 0.3 is 5.97 Å².